The van der Waals surface area contributed by atoms with Crippen LogP contribution in [0.15, 0.2) is 12.1 Å². The molecule has 1 aromatic rings. The number of nitrogen functional groups attached to an aromatic ring is 1. The zero-order valence-corrected chi connectivity index (χ0v) is 10.9. The van der Waals surface area contributed by atoms with E-state index in [-0.39, 0.29) is 5.69 Å². The fourth-order valence-electron chi connectivity index (χ4n) is 1.62. The number of nitrogens with zero attached hydrogens (tertiary/aromatic N) is 2. The SMILES string of the molecule is CCN(CC)CCNc1nc(C(N)=O)ccc1N. The molecule has 1 heterocycles. The lowest BCUT2D eigenvalue weighted by Gasteiger charge is -2.18. The Hall–Kier alpha value is -1.82. The van der Waals surface area contributed by atoms with Gasteiger partial charge < -0.3 is 21.7 Å². The van der Waals surface area contributed by atoms with Gasteiger partial charge >= 0.3 is 0 Å². The molecule has 0 aliphatic heterocycles. The van der Waals surface area contributed by atoms with Gasteiger partial charge in [0.25, 0.3) is 5.91 Å². The number of hydrogen-bond acceptors (Lipinski definition) is 5. The lowest BCUT2D eigenvalue weighted by Crippen LogP contribution is -2.29. The summed E-state index contributed by atoms with van der Waals surface area (Å²) in [5.41, 5.74) is 11.7. The monoisotopic (exact) mass is 251 g/mol. The maximum atomic E-state index is 11.0. The van der Waals surface area contributed by atoms with Crippen molar-refractivity contribution in [3.63, 3.8) is 0 Å². The molecule has 18 heavy (non-hydrogen) atoms. The molecule has 5 N–H and O–H groups in total. The van der Waals surface area contributed by atoms with E-state index in [0.717, 1.165) is 26.2 Å². The van der Waals surface area contributed by atoms with Gasteiger partial charge in [0.2, 0.25) is 0 Å². The van der Waals surface area contributed by atoms with E-state index >= 15 is 0 Å². The van der Waals surface area contributed by atoms with Gasteiger partial charge in [-0.2, -0.15) is 0 Å². The lowest BCUT2D eigenvalue weighted by molar-refractivity contribution is 0.0996. The Morgan fingerprint density at radius 3 is 2.61 bits per heavy atom. The molecule has 100 valence electrons. The highest BCUT2D eigenvalue weighted by atomic mass is 16.1. The number of primary amides is 1. The maximum absolute atomic E-state index is 11.0. The quantitative estimate of drug-likeness (QED) is 0.656. The van der Waals surface area contributed by atoms with E-state index < -0.39 is 5.91 Å². The van der Waals surface area contributed by atoms with Crippen molar-refractivity contribution in [1.82, 2.24) is 9.88 Å². The van der Waals surface area contributed by atoms with Gasteiger partial charge in [-0.25, -0.2) is 4.98 Å². The molecule has 6 nitrogen and oxygen atoms in total. The van der Waals surface area contributed by atoms with Crippen molar-refractivity contribution in [2.24, 2.45) is 5.73 Å². The standard InChI is InChI=1S/C12H21N5O/c1-3-17(4-2)8-7-15-12-9(13)5-6-10(16-12)11(14)18/h5-6H,3-4,7-8,13H2,1-2H3,(H2,14,18)(H,15,16). The molecule has 0 aromatic carbocycles. The Balaban J connectivity index is 2.61. The van der Waals surface area contributed by atoms with Crippen molar-refractivity contribution in [2.75, 3.05) is 37.2 Å². The van der Waals surface area contributed by atoms with Gasteiger partial charge in [0.15, 0.2) is 0 Å². The van der Waals surface area contributed by atoms with Crippen LogP contribution < -0.4 is 16.8 Å². The summed E-state index contributed by atoms with van der Waals surface area (Å²) in [5.74, 6) is -0.0414. The average Bonchev–Trinajstić information content (AvgIpc) is 2.36. The first-order valence-electron chi connectivity index (χ1n) is 6.11. The Morgan fingerprint density at radius 1 is 1.39 bits per heavy atom. The molecule has 6 heteroatoms. The molecule has 1 rings (SSSR count). The smallest absolute Gasteiger partial charge is 0.267 e. The molecule has 1 aromatic heterocycles. The Kier molecular flexibility index (Phi) is 5.38. The van der Waals surface area contributed by atoms with E-state index in [1.54, 1.807) is 6.07 Å². The Morgan fingerprint density at radius 2 is 2.06 bits per heavy atom. The van der Waals surface area contributed by atoms with Gasteiger partial charge in [-0.05, 0) is 25.2 Å². The molecule has 0 radical (unpaired) electrons. The third kappa shape index (κ3) is 3.89. The molecule has 1 amide bonds. The van der Waals surface area contributed by atoms with E-state index in [4.69, 9.17) is 11.5 Å². The number of amides is 1. The fraction of sp³-hybridized carbons (Fsp3) is 0.500. The van der Waals surface area contributed by atoms with Crippen molar-refractivity contribution in [3.05, 3.63) is 17.8 Å². The van der Waals surface area contributed by atoms with E-state index in [0.29, 0.717) is 11.5 Å². The van der Waals surface area contributed by atoms with Gasteiger partial charge in [-0.1, -0.05) is 13.8 Å². The van der Waals surface area contributed by atoms with E-state index in [1.807, 2.05) is 0 Å². The molecule has 0 bridgehead atoms. The molecule has 0 aliphatic rings. The van der Waals surface area contributed by atoms with Crippen LogP contribution in [0.2, 0.25) is 0 Å². The highest BCUT2D eigenvalue weighted by Crippen LogP contribution is 2.15. The topological polar surface area (TPSA) is 97.3 Å². The first-order chi connectivity index (χ1) is 8.58. The second-order valence-corrected chi connectivity index (χ2v) is 3.95. The molecule has 0 saturated heterocycles. The first-order valence-corrected chi connectivity index (χ1v) is 6.11. The Labute approximate surface area is 107 Å². The van der Waals surface area contributed by atoms with Crippen LogP contribution in [0.4, 0.5) is 11.5 Å². The fourth-order valence-corrected chi connectivity index (χ4v) is 1.62. The van der Waals surface area contributed by atoms with Crippen LogP contribution in [-0.2, 0) is 0 Å². The number of nitrogens with two attached hydrogens (primary N) is 2. The summed E-state index contributed by atoms with van der Waals surface area (Å²) in [4.78, 5) is 17.4. The lowest BCUT2D eigenvalue weighted by atomic mass is 10.3. The van der Waals surface area contributed by atoms with E-state index in [9.17, 15) is 4.79 Å². The highest BCUT2D eigenvalue weighted by molar-refractivity contribution is 5.91. The number of hydrogen-bond donors (Lipinski definition) is 3. The van der Waals surface area contributed by atoms with Crippen LogP contribution in [0.1, 0.15) is 24.3 Å². The van der Waals surface area contributed by atoms with Crippen molar-refractivity contribution < 1.29 is 4.79 Å². The van der Waals surface area contributed by atoms with E-state index in [1.165, 1.54) is 6.07 Å². The van der Waals surface area contributed by atoms with Crippen LogP contribution in [-0.4, -0.2) is 42.0 Å². The van der Waals surface area contributed by atoms with E-state index in [2.05, 4.69) is 29.0 Å². The number of aromatic nitrogens is 1. The summed E-state index contributed by atoms with van der Waals surface area (Å²) < 4.78 is 0. The van der Waals surface area contributed by atoms with Gasteiger partial charge in [-0.3, -0.25) is 4.79 Å². The number of anilines is 2. The number of rotatable bonds is 7. The first kappa shape index (κ1) is 14.2. The largest absolute Gasteiger partial charge is 0.396 e. The zero-order valence-electron chi connectivity index (χ0n) is 10.9. The number of carbonyl (C=O) groups excluding carboxylic acids is 1. The summed E-state index contributed by atoms with van der Waals surface area (Å²) in [6.07, 6.45) is 0. The second-order valence-electron chi connectivity index (χ2n) is 3.95. The zero-order chi connectivity index (χ0) is 13.5. The third-order valence-corrected chi connectivity index (χ3v) is 2.79. The van der Waals surface area contributed by atoms with Crippen LogP contribution in [0.3, 0.4) is 0 Å². The molecule has 0 atom stereocenters. The maximum Gasteiger partial charge on any atom is 0.267 e. The molecule has 0 aliphatic carbocycles. The second kappa shape index (κ2) is 6.80. The van der Waals surface area contributed by atoms with Gasteiger partial charge in [0.05, 0.1) is 5.69 Å². The minimum atomic E-state index is -0.554. The van der Waals surface area contributed by atoms with Crippen molar-refractivity contribution in [3.8, 4) is 0 Å². The molecule has 0 spiro atoms. The van der Waals surface area contributed by atoms with Gasteiger partial charge in [0, 0.05) is 13.1 Å². The summed E-state index contributed by atoms with van der Waals surface area (Å²) in [6, 6.07) is 3.15. The predicted octanol–water partition coefficient (Wildman–Crippen LogP) is 0.516. The third-order valence-electron chi connectivity index (χ3n) is 2.79. The highest BCUT2D eigenvalue weighted by Gasteiger charge is 2.07. The average molecular weight is 251 g/mol. The molecular formula is C12H21N5O. The number of likely N-dealkylation sites (N-methyl/N-ethyl adjacent to an activating group) is 1. The van der Waals surface area contributed by atoms with Crippen molar-refractivity contribution in [1.29, 1.82) is 0 Å². The molecule has 0 fully saturated rings. The van der Waals surface area contributed by atoms with Gasteiger partial charge in [0.1, 0.15) is 11.5 Å². The molecule has 0 unspecified atom stereocenters. The minimum Gasteiger partial charge on any atom is -0.396 e. The van der Waals surface area contributed by atoms with Crippen molar-refractivity contribution in [2.45, 2.75) is 13.8 Å². The summed E-state index contributed by atoms with van der Waals surface area (Å²) in [7, 11) is 0. The number of nitrogens with one attached hydrogen (secondary N) is 1. The number of pyridine rings is 1. The van der Waals surface area contributed by atoms with Crippen LogP contribution in [0, 0.1) is 0 Å². The summed E-state index contributed by atoms with van der Waals surface area (Å²) in [6.45, 7) is 7.86. The Bertz CT molecular complexity index is 403. The number of carbonyl (C=O) groups is 1. The van der Waals surface area contributed by atoms with Gasteiger partial charge in [-0.15, -0.1) is 0 Å². The van der Waals surface area contributed by atoms with Crippen LogP contribution in [0.5, 0.6) is 0 Å². The summed E-state index contributed by atoms with van der Waals surface area (Å²) >= 11 is 0. The van der Waals surface area contributed by atoms with Crippen molar-refractivity contribution >= 4 is 17.4 Å². The molecular weight excluding hydrogens is 230 g/mol. The minimum absolute atomic E-state index is 0.217. The summed E-state index contributed by atoms with van der Waals surface area (Å²) in [5, 5.41) is 3.12. The predicted molar refractivity (Wildman–Crippen MR) is 73.4 cm³/mol. The normalized spacial score (nSPS) is 10.6. The van der Waals surface area contributed by atoms with Crippen LogP contribution in [0.25, 0.3) is 0 Å². The molecule has 0 saturated carbocycles. The van der Waals surface area contributed by atoms with Crippen LogP contribution >= 0.6 is 0 Å².